The van der Waals surface area contributed by atoms with Crippen molar-refractivity contribution >= 4 is 15.7 Å². The Bertz CT molecular complexity index is 515. The minimum absolute atomic E-state index is 0.00818. The zero-order valence-electron chi connectivity index (χ0n) is 12.4. The lowest BCUT2D eigenvalue weighted by atomic mass is 10.2. The van der Waals surface area contributed by atoms with Gasteiger partial charge in [0.15, 0.2) is 0 Å². The number of nitrogen functional groups attached to an aromatic ring is 1. The summed E-state index contributed by atoms with van der Waals surface area (Å²) in [7, 11) is -3.33. The molecule has 0 saturated carbocycles. The van der Waals surface area contributed by atoms with Crippen LogP contribution in [0.2, 0.25) is 0 Å². The van der Waals surface area contributed by atoms with Gasteiger partial charge in [0, 0.05) is 18.8 Å². The van der Waals surface area contributed by atoms with Gasteiger partial charge in [0.2, 0.25) is 10.0 Å². The van der Waals surface area contributed by atoms with E-state index in [0.717, 1.165) is 5.56 Å². The van der Waals surface area contributed by atoms with Gasteiger partial charge in [-0.05, 0) is 25.5 Å². The van der Waals surface area contributed by atoms with E-state index < -0.39 is 10.0 Å². The molecule has 0 bridgehead atoms. The molecule has 1 rings (SSSR count). The average molecular weight is 300 g/mol. The number of para-hydroxylation sites is 1. The maximum atomic E-state index is 12.3. The van der Waals surface area contributed by atoms with E-state index in [1.165, 1.54) is 4.31 Å². The monoisotopic (exact) mass is 300 g/mol. The summed E-state index contributed by atoms with van der Waals surface area (Å²) in [4.78, 5) is 0. The molecule has 0 aliphatic heterocycles. The van der Waals surface area contributed by atoms with Crippen LogP contribution >= 0.6 is 0 Å². The van der Waals surface area contributed by atoms with E-state index in [1.54, 1.807) is 6.07 Å². The summed E-state index contributed by atoms with van der Waals surface area (Å²) < 4.78 is 31.3. The summed E-state index contributed by atoms with van der Waals surface area (Å²) in [5.41, 5.74) is 7.29. The van der Waals surface area contributed by atoms with Gasteiger partial charge in [-0.2, -0.15) is 4.31 Å². The Labute approximate surface area is 121 Å². The number of nitrogens with two attached hydrogens (primary N) is 1. The first kappa shape index (κ1) is 16.9. The second-order valence-corrected chi connectivity index (χ2v) is 6.95. The normalized spacial score (nSPS) is 12.2. The van der Waals surface area contributed by atoms with Crippen LogP contribution in [0.15, 0.2) is 24.3 Å². The molecule has 1 aromatic rings. The van der Waals surface area contributed by atoms with Gasteiger partial charge < -0.3 is 10.5 Å². The maximum Gasteiger partial charge on any atom is 0.216 e. The van der Waals surface area contributed by atoms with Crippen molar-refractivity contribution in [3.05, 3.63) is 29.8 Å². The third kappa shape index (κ3) is 5.11. The summed E-state index contributed by atoms with van der Waals surface area (Å²) in [5.74, 6) is -0.00818. The average Bonchev–Trinajstić information content (AvgIpc) is 2.36. The SMILES string of the molecule is CCN(Cc1ccccc1N)S(=O)(=O)CCOC(C)C. The number of benzene rings is 1. The lowest BCUT2D eigenvalue weighted by Gasteiger charge is -2.21. The van der Waals surface area contributed by atoms with Crippen LogP contribution in [-0.2, 0) is 21.3 Å². The number of anilines is 1. The Morgan fingerprint density at radius 2 is 1.95 bits per heavy atom. The fourth-order valence-corrected chi connectivity index (χ4v) is 3.09. The van der Waals surface area contributed by atoms with Gasteiger partial charge in [-0.25, -0.2) is 8.42 Å². The van der Waals surface area contributed by atoms with E-state index in [1.807, 2.05) is 39.0 Å². The zero-order valence-corrected chi connectivity index (χ0v) is 13.2. The second-order valence-electron chi connectivity index (χ2n) is 4.86. The Morgan fingerprint density at radius 1 is 1.30 bits per heavy atom. The molecule has 6 heteroatoms. The maximum absolute atomic E-state index is 12.3. The largest absolute Gasteiger partial charge is 0.398 e. The van der Waals surface area contributed by atoms with Gasteiger partial charge in [-0.15, -0.1) is 0 Å². The van der Waals surface area contributed by atoms with Crippen LogP contribution in [-0.4, -0.2) is 37.7 Å². The first-order chi connectivity index (χ1) is 9.36. The molecule has 0 amide bonds. The minimum atomic E-state index is -3.33. The highest BCUT2D eigenvalue weighted by Crippen LogP contribution is 2.15. The summed E-state index contributed by atoms with van der Waals surface area (Å²) in [5, 5.41) is 0. The van der Waals surface area contributed by atoms with Crippen LogP contribution in [0.1, 0.15) is 26.3 Å². The van der Waals surface area contributed by atoms with E-state index >= 15 is 0 Å². The molecule has 114 valence electrons. The minimum Gasteiger partial charge on any atom is -0.398 e. The first-order valence-electron chi connectivity index (χ1n) is 6.79. The molecule has 1 aromatic carbocycles. The number of nitrogens with zero attached hydrogens (tertiary/aromatic N) is 1. The Kier molecular flexibility index (Phi) is 6.45. The van der Waals surface area contributed by atoms with E-state index in [9.17, 15) is 8.42 Å². The fraction of sp³-hybridized carbons (Fsp3) is 0.571. The van der Waals surface area contributed by atoms with Crippen LogP contribution in [0.25, 0.3) is 0 Å². The smallest absolute Gasteiger partial charge is 0.216 e. The van der Waals surface area contributed by atoms with Gasteiger partial charge in [0.25, 0.3) is 0 Å². The van der Waals surface area contributed by atoms with E-state index in [4.69, 9.17) is 10.5 Å². The van der Waals surface area contributed by atoms with Crippen LogP contribution in [0.5, 0.6) is 0 Å². The Balaban J connectivity index is 2.72. The molecular formula is C14H24N2O3S. The Hall–Kier alpha value is -1.11. The van der Waals surface area contributed by atoms with Gasteiger partial charge in [0.05, 0.1) is 18.5 Å². The number of rotatable bonds is 8. The first-order valence-corrected chi connectivity index (χ1v) is 8.40. The molecule has 0 aromatic heterocycles. The lowest BCUT2D eigenvalue weighted by Crippen LogP contribution is -2.34. The predicted molar refractivity (Wildman–Crippen MR) is 81.8 cm³/mol. The molecule has 2 N–H and O–H groups in total. The highest BCUT2D eigenvalue weighted by molar-refractivity contribution is 7.89. The summed E-state index contributed by atoms with van der Waals surface area (Å²) in [6.07, 6.45) is 0.0324. The lowest BCUT2D eigenvalue weighted by molar-refractivity contribution is 0.0906. The molecule has 5 nitrogen and oxygen atoms in total. The third-order valence-electron chi connectivity index (χ3n) is 2.94. The molecule has 0 unspecified atom stereocenters. The molecule has 0 aliphatic carbocycles. The van der Waals surface area contributed by atoms with E-state index in [0.29, 0.717) is 18.8 Å². The third-order valence-corrected chi connectivity index (χ3v) is 4.80. The van der Waals surface area contributed by atoms with Crippen molar-refractivity contribution in [2.45, 2.75) is 33.4 Å². The number of ether oxygens (including phenoxy) is 1. The molecule has 0 radical (unpaired) electrons. The second kappa shape index (κ2) is 7.61. The number of hydrogen-bond donors (Lipinski definition) is 1. The van der Waals surface area contributed by atoms with Crippen molar-refractivity contribution in [2.24, 2.45) is 0 Å². The summed E-state index contributed by atoms with van der Waals surface area (Å²) >= 11 is 0. The van der Waals surface area contributed by atoms with Crippen molar-refractivity contribution in [3.8, 4) is 0 Å². The quantitative estimate of drug-likeness (QED) is 0.744. The summed E-state index contributed by atoms with van der Waals surface area (Å²) in [6.45, 7) is 6.51. The van der Waals surface area contributed by atoms with Gasteiger partial charge in [0.1, 0.15) is 0 Å². The van der Waals surface area contributed by atoms with Gasteiger partial charge in [-0.3, -0.25) is 0 Å². The van der Waals surface area contributed by atoms with Crippen molar-refractivity contribution in [3.63, 3.8) is 0 Å². The fourth-order valence-electron chi connectivity index (χ4n) is 1.79. The Morgan fingerprint density at radius 3 is 2.50 bits per heavy atom. The standard InChI is InChI=1S/C14H24N2O3S/c1-4-16(11-13-7-5-6-8-14(13)15)20(17,18)10-9-19-12(2)3/h5-8,12H,4,9-11,15H2,1-3H3. The molecule has 0 atom stereocenters. The van der Waals surface area contributed by atoms with Crippen LogP contribution in [0.3, 0.4) is 0 Å². The van der Waals surface area contributed by atoms with Crippen LogP contribution < -0.4 is 5.73 Å². The number of sulfonamides is 1. The highest BCUT2D eigenvalue weighted by Gasteiger charge is 2.21. The predicted octanol–water partition coefficient (Wildman–Crippen LogP) is 1.85. The van der Waals surface area contributed by atoms with Crippen LogP contribution in [0, 0.1) is 0 Å². The van der Waals surface area contributed by atoms with E-state index in [-0.39, 0.29) is 18.5 Å². The molecular weight excluding hydrogens is 276 g/mol. The molecule has 0 saturated heterocycles. The van der Waals surface area contributed by atoms with Crippen molar-refractivity contribution < 1.29 is 13.2 Å². The molecule has 0 fully saturated rings. The van der Waals surface area contributed by atoms with Gasteiger partial charge >= 0.3 is 0 Å². The van der Waals surface area contributed by atoms with E-state index in [2.05, 4.69) is 0 Å². The van der Waals surface area contributed by atoms with Crippen LogP contribution in [0.4, 0.5) is 5.69 Å². The molecule has 0 heterocycles. The summed E-state index contributed by atoms with van der Waals surface area (Å²) in [6, 6.07) is 7.31. The van der Waals surface area contributed by atoms with Gasteiger partial charge in [-0.1, -0.05) is 25.1 Å². The van der Waals surface area contributed by atoms with Crippen molar-refractivity contribution in [2.75, 3.05) is 24.6 Å². The molecule has 0 aliphatic rings. The van der Waals surface area contributed by atoms with Crippen molar-refractivity contribution in [1.29, 1.82) is 0 Å². The van der Waals surface area contributed by atoms with Crippen molar-refractivity contribution in [1.82, 2.24) is 4.31 Å². The zero-order chi connectivity index (χ0) is 15.2. The number of hydrogen-bond acceptors (Lipinski definition) is 4. The topological polar surface area (TPSA) is 72.6 Å². The highest BCUT2D eigenvalue weighted by atomic mass is 32.2. The molecule has 20 heavy (non-hydrogen) atoms. The molecule has 0 spiro atoms.